The predicted octanol–water partition coefficient (Wildman–Crippen LogP) is 4.57. The molecule has 5 rings (SSSR count). The number of nitrogens with zero attached hydrogens (tertiary/aromatic N) is 1. The molecule has 0 fully saturated rings. The van der Waals surface area contributed by atoms with Gasteiger partial charge in [0.05, 0.1) is 5.56 Å². The molecule has 31 heavy (non-hydrogen) atoms. The maximum Gasteiger partial charge on any atom is 0.270 e. The molecule has 1 aromatic carbocycles. The van der Waals surface area contributed by atoms with Crippen LogP contribution in [0.5, 0.6) is 0 Å². The second kappa shape index (κ2) is 7.89. The Hall–Kier alpha value is -3.06. The summed E-state index contributed by atoms with van der Waals surface area (Å²) >= 11 is 1.70. The monoisotopic (exact) mass is 434 g/mol. The van der Waals surface area contributed by atoms with E-state index in [1.165, 1.54) is 4.88 Å². The SMILES string of the molecule is CCN(CC)c1ccc([C@@H]2C3=C(C[C@@H](c4cccs4)CC3=O)Nc3[nH][nH]c(=O)c32)cc1. The zero-order chi connectivity index (χ0) is 21.5. The van der Waals surface area contributed by atoms with Crippen LogP contribution in [0.4, 0.5) is 11.5 Å². The molecule has 0 saturated carbocycles. The summed E-state index contributed by atoms with van der Waals surface area (Å²) in [6.45, 7) is 6.14. The fourth-order valence-electron chi connectivity index (χ4n) is 4.95. The van der Waals surface area contributed by atoms with E-state index < -0.39 is 0 Å². The molecule has 6 nitrogen and oxygen atoms in total. The van der Waals surface area contributed by atoms with Crippen molar-refractivity contribution in [2.75, 3.05) is 23.3 Å². The van der Waals surface area contributed by atoms with Crippen LogP contribution in [0.25, 0.3) is 0 Å². The van der Waals surface area contributed by atoms with Crippen molar-refractivity contribution in [1.82, 2.24) is 10.2 Å². The molecule has 2 atom stereocenters. The summed E-state index contributed by atoms with van der Waals surface area (Å²) in [5, 5.41) is 11.1. The van der Waals surface area contributed by atoms with Crippen LogP contribution in [0.15, 0.2) is 57.8 Å². The van der Waals surface area contributed by atoms with Crippen molar-refractivity contribution in [2.24, 2.45) is 0 Å². The van der Waals surface area contributed by atoms with E-state index in [-0.39, 0.29) is 23.2 Å². The van der Waals surface area contributed by atoms with Crippen LogP contribution in [0, 0.1) is 0 Å². The van der Waals surface area contributed by atoms with Crippen molar-refractivity contribution >= 4 is 28.6 Å². The van der Waals surface area contributed by atoms with Crippen LogP contribution in [0.2, 0.25) is 0 Å². The molecule has 0 radical (unpaired) electrons. The van der Waals surface area contributed by atoms with Gasteiger partial charge in [0.2, 0.25) is 0 Å². The molecule has 0 amide bonds. The van der Waals surface area contributed by atoms with Crippen molar-refractivity contribution in [1.29, 1.82) is 0 Å². The van der Waals surface area contributed by atoms with Crippen LogP contribution in [0.3, 0.4) is 0 Å². The summed E-state index contributed by atoms with van der Waals surface area (Å²) in [7, 11) is 0. The van der Waals surface area contributed by atoms with Gasteiger partial charge in [0, 0.05) is 53.2 Å². The largest absolute Gasteiger partial charge is 0.372 e. The number of H-pyrrole nitrogens is 2. The zero-order valence-corrected chi connectivity index (χ0v) is 18.5. The molecule has 3 heterocycles. The van der Waals surface area contributed by atoms with E-state index in [1.807, 2.05) is 6.07 Å². The van der Waals surface area contributed by atoms with Gasteiger partial charge in [-0.3, -0.25) is 19.8 Å². The summed E-state index contributed by atoms with van der Waals surface area (Å²) in [6, 6.07) is 12.4. The van der Waals surface area contributed by atoms with Gasteiger partial charge in [-0.25, -0.2) is 0 Å². The second-order valence-corrected chi connectivity index (χ2v) is 9.10. The number of nitrogens with one attached hydrogen (secondary N) is 3. The van der Waals surface area contributed by atoms with Gasteiger partial charge in [-0.15, -0.1) is 11.3 Å². The highest BCUT2D eigenvalue weighted by Gasteiger charge is 2.40. The first-order chi connectivity index (χ1) is 15.1. The minimum atomic E-state index is -0.358. The smallest absolute Gasteiger partial charge is 0.270 e. The molecule has 0 saturated heterocycles. The number of carbonyl (C=O) groups is 1. The summed E-state index contributed by atoms with van der Waals surface area (Å²) in [6.07, 6.45) is 1.25. The van der Waals surface area contributed by atoms with Gasteiger partial charge in [0.15, 0.2) is 5.78 Å². The Morgan fingerprint density at radius 2 is 1.81 bits per heavy atom. The first-order valence-electron chi connectivity index (χ1n) is 10.8. The Bertz CT molecular complexity index is 1180. The Morgan fingerprint density at radius 3 is 2.48 bits per heavy atom. The summed E-state index contributed by atoms with van der Waals surface area (Å²) in [5.41, 5.74) is 4.19. The number of aromatic amines is 2. The minimum absolute atomic E-state index is 0.121. The molecule has 2 aliphatic rings. The van der Waals surface area contributed by atoms with Gasteiger partial charge in [-0.05, 0) is 49.4 Å². The lowest BCUT2D eigenvalue weighted by Gasteiger charge is -2.34. The third-order valence-electron chi connectivity index (χ3n) is 6.48. The predicted molar refractivity (Wildman–Crippen MR) is 125 cm³/mol. The van der Waals surface area contributed by atoms with Crippen LogP contribution in [-0.4, -0.2) is 29.1 Å². The number of rotatable bonds is 5. The van der Waals surface area contributed by atoms with E-state index in [9.17, 15) is 9.59 Å². The number of aromatic nitrogens is 2. The number of thiophene rings is 1. The molecule has 0 spiro atoms. The normalized spacial score (nSPS) is 20.3. The van der Waals surface area contributed by atoms with Crippen molar-refractivity contribution in [3.63, 3.8) is 0 Å². The third-order valence-corrected chi connectivity index (χ3v) is 7.51. The first-order valence-corrected chi connectivity index (χ1v) is 11.7. The minimum Gasteiger partial charge on any atom is -0.372 e. The number of carbonyl (C=O) groups excluding carboxylic acids is 1. The van der Waals surface area contributed by atoms with Gasteiger partial charge in [-0.1, -0.05) is 18.2 Å². The molecule has 0 bridgehead atoms. The quantitative estimate of drug-likeness (QED) is 0.550. The number of fused-ring (bicyclic) bond motifs is 1. The molecule has 2 aromatic heterocycles. The topological polar surface area (TPSA) is 81.0 Å². The highest BCUT2D eigenvalue weighted by atomic mass is 32.1. The Morgan fingerprint density at radius 1 is 1.03 bits per heavy atom. The molecule has 3 N–H and O–H groups in total. The number of ketones is 1. The molecule has 3 aromatic rings. The Labute approximate surface area is 185 Å². The van der Waals surface area contributed by atoms with Gasteiger partial charge in [-0.2, -0.15) is 0 Å². The lowest BCUT2D eigenvalue weighted by Crippen LogP contribution is -2.31. The second-order valence-electron chi connectivity index (χ2n) is 8.13. The number of hydrogen-bond donors (Lipinski definition) is 3. The van der Waals surface area contributed by atoms with Crippen LogP contribution >= 0.6 is 11.3 Å². The number of allylic oxidation sites excluding steroid dienone is 2. The molecular formula is C24H26N4O2S. The van der Waals surface area contributed by atoms with E-state index in [1.54, 1.807) is 11.3 Å². The highest BCUT2D eigenvalue weighted by Crippen LogP contribution is 2.47. The Balaban J connectivity index is 1.58. The van der Waals surface area contributed by atoms with Crippen molar-refractivity contribution in [3.8, 4) is 0 Å². The standard InChI is InChI=1S/C24H26N4O2S/c1-3-28(4-2)16-9-7-14(8-10-16)20-21-17(25-23-22(20)24(30)27-26-23)12-15(13-18(21)29)19-6-5-11-31-19/h5-11,15,20H,3-4,12-13H2,1-2H3,(H3,25,26,27,30)/t15-,20-/m1/s1. The fourth-order valence-corrected chi connectivity index (χ4v) is 5.78. The van der Waals surface area contributed by atoms with Gasteiger partial charge < -0.3 is 10.2 Å². The average Bonchev–Trinajstić information content (AvgIpc) is 3.44. The molecule has 7 heteroatoms. The van der Waals surface area contributed by atoms with E-state index in [0.717, 1.165) is 42.0 Å². The zero-order valence-electron chi connectivity index (χ0n) is 17.7. The maximum atomic E-state index is 13.4. The van der Waals surface area contributed by atoms with E-state index in [0.29, 0.717) is 17.8 Å². The van der Waals surface area contributed by atoms with Crippen molar-refractivity contribution < 1.29 is 4.79 Å². The van der Waals surface area contributed by atoms with E-state index in [4.69, 9.17) is 0 Å². The highest BCUT2D eigenvalue weighted by molar-refractivity contribution is 7.10. The molecule has 1 aliphatic heterocycles. The number of Topliss-reactive ketones (excluding diaryl/α,β-unsaturated/α-hetero) is 1. The average molecular weight is 435 g/mol. The number of benzene rings is 1. The summed E-state index contributed by atoms with van der Waals surface area (Å²) < 4.78 is 0. The Kier molecular flexibility index (Phi) is 5.06. The molecule has 160 valence electrons. The molecule has 0 unspecified atom stereocenters. The lowest BCUT2D eigenvalue weighted by atomic mass is 9.74. The maximum absolute atomic E-state index is 13.4. The number of anilines is 2. The van der Waals surface area contributed by atoms with Crippen LogP contribution in [0.1, 0.15) is 54.5 Å². The third kappa shape index (κ3) is 3.33. The first kappa shape index (κ1) is 19.9. The van der Waals surface area contributed by atoms with Crippen molar-refractivity contribution in [2.45, 2.75) is 38.5 Å². The number of hydrogen-bond acceptors (Lipinski definition) is 5. The summed E-state index contributed by atoms with van der Waals surface area (Å²) in [4.78, 5) is 29.6. The molecular weight excluding hydrogens is 408 g/mol. The van der Waals surface area contributed by atoms with E-state index in [2.05, 4.69) is 70.0 Å². The summed E-state index contributed by atoms with van der Waals surface area (Å²) in [5.74, 6) is 0.609. The van der Waals surface area contributed by atoms with Gasteiger partial charge in [0.1, 0.15) is 5.82 Å². The lowest BCUT2D eigenvalue weighted by molar-refractivity contribution is -0.116. The van der Waals surface area contributed by atoms with E-state index >= 15 is 0 Å². The fraction of sp³-hybridized carbons (Fsp3) is 0.333. The van der Waals surface area contributed by atoms with Gasteiger partial charge >= 0.3 is 0 Å². The molecule has 1 aliphatic carbocycles. The van der Waals surface area contributed by atoms with Crippen LogP contribution < -0.4 is 15.8 Å². The van der Waals surface area contributed by atoms with Gasteiger partial charge in [0.25, 0.3) is 5.56 Å². The van der Waals surface area contributed by atoms with Crippen LogP contribution in [-0.2, 0) is 4.79 Å². The van der Waals surface area contributed by atoms with Crippen molar-refractivity contribution in [3.05, 3.63) is 79.4 Å².